The van der Waals surface area contributed by atoms with Crippen LogP contribution in [0.5, 0.6) is 0 Å². The zero-order valence-electron chi connectivity index (χ0n) is 10.6. The van der Waals surface area contributed by atoms with Crippen molar-refractivity contribution in [1.82, 2.24) is 10.3 Å². The van der Waals surface area contributed by atoms with Crippen molar-refractivity contribution in [2.75, 3.05) is 5.32 Å². The molecule has 1 saturated carbocycles. The standard InChI is InChI=1S/C12H14F3N3OS/c13-12(14,15)8-6-16-10(20-8)17-7-2-3-9(19)18-11(7)4-1-5-11/h6-7H,1-5H2,(H,16,17)(H,18,19). The third-order valence-corrected chi connectivity index (χ3v) is 5.02. The van der Waals surface area contributed by atoms with Crippen LogP contribution >= 0.6 is 11.3 Å². The number of aromatic nitrogens is 1. The number of hydrogen-bond donors (Lipinski definition) is 2. The molecule has 1 saturated heterocycles. The maximum atomic E-state index is 12.5. The lowest BCUT2D eigenvalue weighted by Crippen LogP contribution is -2.66. The highest BCUT2D eigenvalue weighted by Gasteiger charge is 2.48. The van der Waals surface area contributed by atoms with Gasteiger partial charge in [0, 0.05) is 6.42 Å². The minimum atomic E-state index is -4.35. The molecule has 1 aromatic rings. The highest BCUT2D eigenvalue weighted by molar-refractivity contribution is 7.15. The van der Waals surface area contributed by atoms with Crippen LogP contribution in [0.4, 0.5) is 18.3 Å². The normalized spacial score (nSPS) is 25.1. The van der Waals surface area contributed by atoms with Crippen molar-refractivity contribution < 1.29 is 18.0 Å². The topological polar surface area (TPSA) is 54.0 Å². The van der Waals surface area contributed by atoms with Gasteiger partial charge in [-0.1, -0.05) is 11.3 Å². The van der Waals surface area contributed by atoms with Gasteiger partial charge in [0.1, 0.15) is 4.88 Å². The molecule has 2 heterocycles. The second kappa shape index (κ2) is 4.61. The second-order valence-corrected chi connectivity index (χ2v) is 6.35. The number of carbonyl (C=O) groups is 1. The summed E-state index contributed by atoms with van der Waals surface area (Å²) < 4.78 is 37.6. The van der Waals surface area contributed by atoms with Gasteiger partial charge in [-0.05, 0) is 25.7 Å². The van der Waals surface area contributed by atoms with Gasteiger partial charge in [-0.2, -0.15) is 13.2 Å². The monoisotopic (exact) mass is 305 g/mol. The van der Waals surface area contributed by atoms with Crippen molar-refractivity contribution >= 4 is 22.4 Å². The van der Waals surface area contributed by atoms with E-state index in [2.05, 4.69) is 15.6 Å². The first-order valence-corrected chi connectivity index (χ1v) is 7.31. The molecule has 1 aliphatic heterocycles. The molecule has 2 aliphatic rings. The largest absolute Gasteiger partial charge is 0.427 e. The first-order valence-electron chi connectivity index (χ1n) is 6.50. The number of rotatable bonds is 2. The fourth-order valence-corrected chi connectivity index (χ4v) is 3.58. The predicted octanol–water partition coefficient (Wildman–Crippen LogP) is 2.78. The van der Waals surface area contributed by atoms with Gasteiger partial charge >= 0.3 is 6.18 Å². The molecule has 4 nitrogen and oxygen atoms in total. The van der Waals surface area contributed by atoms with Crippen LogP contribution in [0.25, 0.3) is 0 Å². The molecule has 0 radical (unpaired) electrons. The molecule has 0 bridgehead atoms. The number of carbonyl (C=O) groups excluding carboxylic acids is 1. The van der Waals surface area contributed by atoms with E-state index >= 15 is 0 Å². The Kier molecular flexibility index (Phi) is 3.15. The van der Waals surface area contributed by atoms with Gasteiger partial charge in [0.2, 0.25) is 5.91 Å². The average molecular weight is 305 g/mol. The minimum Gasteiger partial charge on any atom is -0.356 e. The maximum Gasteiger partial charge on any atom is 0.427 e. The molecule has 1 amide bonds. The summed E-state index contributed by atoms with van der Waals surface area (Å²) in [4.78, 5) is 14.6. The van der Waals surface area contributed by atoms with Crippen molar-refractivity contribution in [3.05, 3.63) is 11.1 Å². The summed E-state index contributed by atoms with van der Waals surface area (Å²) in [6.07, 6.45) is 0.296. The molecular formula is C12H14F3N3OS. The van der Waals surface area contributed by atoms with E-state index in [1.54, 1.807) is 0 Å². The lowest BCUT2D eigenvalue weighted by Gasteiger charge is -2.50. The van der Waals surface area contributed by atoms with E-state index in [0.29, 0.717) is 24.2 Å². The van der Waals surface area contributed by atoms with E-state index in [-0.39, 0.29) is 22.6 Å². The van der Waals surface area contributed by atoms with Gasteiger partial charge in [0.15, 0.2) is 5.13 Å². The smallest absolute Gasteiger partial charge is 0.356 e. The van der Waals surface area contributed by atoms with Crippen LogP contribution in [-0.2, 0) is 11.0 Å². The first kappa shape index (κ1) is 13.7. The van der Waals surface area contributed by atoms with Crippen molar-refractivity contribution in [2.45, 2.75) is 49.9 Å². The first-order chi connectivity index (χ1) is 9.39. The summed E-state index contributed by atoms with van der Waals surface area (Å²) in [7, 11) is 0. The van der Waals surface area contributed by atoms with Crippen molar-refractivity contribution in [3.63, 3.8) is 0 Å². The Morgan fingerprint density at radius 2 is 2.20 bits per heavy atom. The highest BCUT2D eigenvalue weighted by Crippen LogP contribution is 2.41. The zero-order valence-corrected chi connectivity index (χ0v) is 11.4. The van der Waals surface area contributed by atoms with Gasteiger partial charge in [-0.15, -0.1) is 0 Å². The third kappa shape index (κ3) is 2.36. The molecule has 110 valence electrons. The van der Waals surface area contributed by atoms with Crippen molar-refractivity contribution in [3.8, 4) is 0 Å². The number of hydrogen-bond acceptors (Lipinski definition) is 4. The fourth-order valence-electron chi connectivity index (χ4n) is 2.84. The molecule has 0 aromatic carbocycles. The lowest BCUT2D eigenvalue weighted by atomic mass is 9.68. The molecular weight excluding hydrogens is 291 g/mol. The van der Waals surface area contributed by atoms with Crippen LogP contribution in [0.3, 0.4) is 0 Å². The number of nitrogens with zero attached hydrogens (tertiary/aromatic N) is 1. The van der Waals surface area contributed by atoms with E-state index in [1.165, 1.54) is 0 Å². The Bertz CT molecular complexity index is 524. The van der Waals surface area contributed by atoms with Crippen molar-refractivity contribution in [1.29, 1.82) is 0 Å². The van der Waals surface area contributed by atoms with E-state index in [1.807, 2.05) is 0 Å². The van der Waals surface area contributed by atoms with E-state index < -0.39 is 11.1 Å². The predicted molar refractivity (Wildman–Crippen MR) is 68.5 cm³/mol. The summed E-state index contributed by atoms with van der Waals surface area (Å²) in [5.41, 5.74) is -0.292. The summed E-state index contributed by atoms with van der Waals surface area (Å²) in [5.74, 6) is 0.0258. The SMILES string of the molecule is O=C1CCC(Nc2ncc(C(F)(F)F)s2)C2(CCC2)N1. The third-order valence-electron chi connectivity index (χ3n) is 4.04. The van der Waals surface area contributed by atoms with Crippen LogP contribution in [0.1, 0.15) is 37.0 Å². The molecule has 20 heavy (non-hydrogen) atoms. The number of anilines is 1. The molecule has 1 atom stereocenters. The zero-order chi connectivity index (χ0) is 14.4. The number of thiazole rings is 1. The number of piperidine rings is 1. The molecule has 2 N–H and O–H groups in total. The van der Waals surface area contributed by atoms with Gasteiger partial charge in [0.25, 0.3) is 0 Å². The van der Waals surface area contributed by atoms with E-state index in [4.69, 9.17) is 0 Å². The molecule has 1 aromatic heterocycles. The van der Waals surface area contributed by atoms with Crippen molar-refractivity contribution in [2.24, 2.45) is 0 Å². The molecule has 1 unspecified atom stereocenters. The summed E-state index contributed by atoms with van der Waals surface area (Å²) in [6.45, 7) is 0. The number of amides is 1. The van der Waals surface area contributed by atoms with Crippen LogP contribution in [-0.4, -0.2) is 22.5 Å². The van der Waals surface area contributed by atoms with Crippen LogP contribution in [0.2, 0.25) is 0 Å². The highest BCUT2D eigenvalue weighted by atomic mass is 32.1. The Labute approximate surface area is 117 Å². The number of nitrogens with one attached hydrogen (secondary N) is 2. The Hall–Kier alpha value is -1.31. The molecule has 1 spiro atoms. The van der Waals surface area contributed by atoms with Crippen LogP contribution < -0.4 is 10.6 Å². The van der Waals surface area contributed by atoms with Gasteiger partial charge in [-0.3, -0.25) is 4.79 Å². The van der Waals surface area contributed by atoms with E-state index in [9.17, 15) is 18.0 Å². The summed E-state index contributed by atoms with van der Waals surface area (Å²) in [5, 5.41) is 6.34. The van der Waals surface area contributed by atoms with Gasteiger partial charge in [0.05, 0.1) is 17.8 Å². The second-order valence-electron chi connectivity index (χ2n) is 5.32. The Morgan fingerprint density at radius 3 is 2.75 bits per heavy atom. The molecule has 8 heteroatoms. The van der Waals surface area contributed by atoms with Gasteiger partial charge < -0.3 is 10.6 Å². The lowest BCUT2D eigenvalue weighted by molar-refractivity contribution is -0.134. The van der Waals surface area contributed by atoms with Crippen LogP contribution in [0, 0.1) is 0 Å². The number of alkyl halides is 3. The molecule has 2 fully saturated rings. The summed E-state index contributed by atoms with van der Waals surface area (Å²) >= 11 is 0.610. The molecule has 3 rings (SSSR count). The Balaban J connectivity index is 1.73. The number of halogens is 3. The minimum absolute atomic E-state index is 0.0258. The summed E-state index contributed by atoms with van der Waals surface area (Å²) in [6, 6.07) is -0.0406. The molecule has 1 aliphatic carbocycles. The van der Waals surface area contributed by atoms with Gasteiger partial charge in [-0.25, -0.2) is 4.98 Å². The quantitative estimate of drug-likeness (QED) is 0.883. The maximum absolute atomic E-state index is 12.5. The Morgan fingerprint density at radius 1 is 1.45 bits per heavy atom. The fraction of sp³-hybridized carbons (Fsp3) is 0.667. The average Bonchev–Trinajstić information content (AvgIpc) is 2.77. The van der Waals surface area contributed by atoms with E-state index in [0.717, 1.165) is 25.5 Å². The van der Waals surface area contributed by atoms with Crippen LogP contribution in [0.15, 0.2) is 6.20 Å².